The normalized spacial score (nSPS) is 18.4. The number of carbonyl (C=O) groups is 1. The molecule has 0 saturated carbocycles. The van der Waals surface area contributed by atoms with Crippen molar-refractivity contribution in [2.24, 2.45) is 0 Å². The van der Waals surface area contributed by atoms with Crippen molar-refractivity contribution in [3.63, 3.8) is 0 Å². The zero-order chi connectivity index (χ0) is 17.3. The summed E-state index contributed by atoms with van der Waals surface area (Å²) >= 11 is 1.61. The second kappa shape index (κ2) is 6.98. The Morgan fingerprint density at radius 1 is 1.38 bits per heavy atom. The highest BCUT2D eigenvalue weighted by Crippen LogP contribution is 2.26. The fourth-order valence-corrected chi connectivity index (χ4v) is 3.54. The van der Waals surface area contributed by atoms with Gasteiger partial charge < -0.3 is 14.1 Å². The molecule has 24 heavy (non-hydrogen) atoms. The number of thiazole rings is 1. The van der Waals surface area contributed by atoms with Crippen LogP contribution >= 0.6 is 11.3 Å². The van der Waals surface area contributed by atoms with Gasteiger partial charge in [0.05, 0.1) is 30.3 Å². The van der Waals surface area contributed by atoms with Crippen LogP contribution in [0.5, 0.6) is 0 Å². The zero-order valence-corrected chi connectivity index (χ0v) is 15.2. The lowest BCUT2D eigenvalue weighted by Gasteiger charge is -2.33. The second-order valence-electron chi connectivity index (χ2n) is 6.22. The van der Waals surface area contributed by atoms with Gasteiger partial charge in [-0.3, -0.25) is 4.79 Å². The Morgan fingerprint density at radius 2 is 2.17 bits per heavy atom. The number of nitrogens with zero attached hydrogens (tertiary/aromatic N) is 4. The fraction of sp³-hybridized carbons (Fsp3) is 0.625. The van der Waals surface area contributed by atoms with E-state index in [0.29, 0.717) is 31.5 Å². The van der Waals surface area contributed by atoms with E-state index < -0.39 is 0 Å². The molecular weight excluding hydrogens is 328 g/mol. The van der Waals surface area contributed by atoms with Crippen LogP contribution in [0.4, 0.5) is 0 Å². The van der Waals surface area contributed by atoms with Gasteiger partial charge in [0.15, 0.2) is 0 Å². The molecule has 7 nitrogen and oxygen atoms in total. The fourth-order valence-electron chi connectivity index (χ4n) is 2.70. The van der Waals surface area contributed by atoms with Crippen molar-refractivity contribution in [3.05, 3.63) is 27.4 Å². The highest BCUT2D eigenvalue weighted by Gasteiger charge is 2.33. The Kier molecular flexibility index (Phi) is 4.96. The third-order valence-electron chi connectivity index (χ3n) is 4.00. The lowest BCUT2D eigenvalue weighted by molar-refractivity contribution is -0.140. The molecule has 0 aliphatic carbocycles. The molecule has 3 rings (SSSR count). The number of rotatable bonds is 4. The molecule has 1 atom stereocenters. The summed E-state index contributed by atoms with van der Waals surface area (Å²) in [6, 6.07) is -0.328. The van der Waals surface area contributed by atoms with Crippen LogP contribution in [-0.4, -0.2) is 45.7 Å². The van der Waals surface area contributed by atoms with Crippen LogP contribution in [0, 0.1) is 13.8 Å². The lowest BCUT2D eigenvalue weighted by Crippen LogP contribution is -2.44. The molecule has 0 bridgehead atoms. The van der Waals surface area contributed by atoms with E-state index in [0.717, 1.165) is 15.6 Å². The molecule has 2 aromatic heterocycles. The average molecular weight is 350 g/mol. The summed E-state index contributed by atoms with van der Waals surface area (Å²) in [6.07, 6.45) is 0.290. The molecule has 2 aromatic rings. The van der Waals surface area contributed by atoms with Gasteiger partial charge in [0, 0.05) is 17.3 Å². The first-order chi connectivity index (χ1) is 11.5. The molecule has 0 unspecified atom stereocenters. The first kappa shape index (κ1) is 17.0. The molecule has 1 fully saturated rings. The third-order valence-corrected chi connectivity index (χ3v) is 4.93. The molecule has 3 heterocycles. The van der Waals surface area contributed by atoms with Crippen molar-refractivity contribution in [1.82, 2.24) is 20.1 Å². The number of ether oxygens (including phenoxy) is 1. The van der Waals surface area contributed by atoms with Gasteiger partial charge in [-0.25, -0.2) is 4.98 Å². The predicted molar refractivity (Wildman–Crippen MR) is 89.0 cm³/mol. The van der Waals surface area contributed by atoms with Crippen LogP contribution in [0.3, 0.4) is 0 Å². The van der Waals surface area contributed by atoms with Gasteiger partial charge in [-0.05, 0) is 13.8 Å². The quantitative estimate of drug-likeness (QED) is 0.842. The molecule has 130 valence electrons. The molecule has 0 spiro atoms. The van der Waals surface area contributed by atoms with Gasteiger partial charge in [0.2, 0.25) is 17.7 Å². The van der Waals surface area contributed by atoms with Gasteiger partial charge in [0.25, 0.3) is 0 Å². The highest BCUT2D eigenvalue weighted by atomic mass is 32.1. The molecular formula is C16H22N4O3S. The second-order valence-corrected chi connectivity index (χ2v) is 7.63. The van der Waals surface area contributed by atoms with Crippen LogP contribution < -0.4 is 0 Å². The standard InChI is InChI=1S/C16H22N4O3S/c1-9(2)15-18-19-16(23-15)13-8-22-6-5-20(13)14(21)7-12-10(3)24-11(4)17-12/h9,13H,5-8H2,1-4H3/t13-/m0/s1. The summed E-state index contributed by atoms with van der Waals surface area (Å²) in [5.74, 6) is 1.19. The molecule has 1 amide bonds. The van der Waals surface area contributed by atoms with Crippen LogP contribution in [0.15, 0.2) is 4.42 Å². The van der Waals surface area contributed by atoms with Gasteiger partial charge in [-0.1, -0.05) is 13.8 Å². The maximum absolute atomic E-state index is 12.8. The van der Waals surface area contributed by atoms with Crippen molar-refractivity contribution in [2.45, 2.75) is 46.1 Å². The van der Waals surface area contributed by atoms with Gasteiger partial charge in [-0.15, -0.1) is 21.5 Å². The van der Waals surface area contributed by atoms with Gasteiger partial charge in [-0.2, -0.15) is 0 Å². The molecule has 8 heteroatoms. The first-order valence-electron chi connectivity index (χ1n) is 8.09. The molecule has 1 saturated heterocycles. The largest absolute Gasteiger partial charge is 0.423 e. The summed E-state index contributed by atoms with van der Waals surface area (Å²) in [5, 5.41) is 9.16. The van der Waals surface area contributed by atoms with Crippen molar-refractivity contribution < 1.29 is 13.9 Å². The maximum atomic E-state index is 12.8. The van der Waals surface area contributed by atoms with Crippen LogP contribution in [0.2, 0.25) is 0 Å². The Balaban J connectivity index is 1.78. The Bertz CT molecular complexity index is 725. The van der Waals surface area contributed by atoms with Crippen LogP contribution in [0.25, 0.3) is 0 Å². The summed E-state index contributed by atoms with van der Waals surface area (Å²) in [7, 11) is 0. The van der Waals surface area contributed by atoms with Crippen molar-refractivity contribution in [3.8, 4) is 0 Å². The minimum absolute atomic E-state index is 0.0148. The van der Waals surface area contributed by atoms with E-state index in [4.69, 9.17) is 9.15 Å². The predicted octanol–water partition coefficient (Wildman–Crippen LogP) is 2.41. The van der Waals surface area contributed by atoms with Gasteiger partial charge in [0.1, 0.15) is 6.04 Å². The zero-order valence-electron chi connectivity index (χ0n) is 14.4. The van der Waals surface area contributed by atoms with Crippen molar-refractivity contribution in [2.75, 3.05) is 19.8 Å². The third kappa shape index (κ3) is 3.49. The average Bonchev–Trinajstić information content (AvgIpc) is 3.14. The summed E-state index contributed by atoms with van der Waals surface area (Å²) in [5.41, 5.74) is 0.848. The van der Waals surface area contributed by atoms with Crippen molar-refractivity contribution in [1.29, 1.82) is 0 Å². The van der Waals surface area contributed by atoms with Gasteiger partial charge >= 0.3 is 0 Å². The minimum atomic E-state index is -0.328. The van der Waals surface area contributed by atoms with E-state index in [-0.39, 0.29) is 24.3 Å². The SMILES string of the molecule is Cc1nc(CC(=O)N2CCOC[C@H]2c2nnc(C(C)C)o2)c(C)s1. The number of aryl methyl sites for hydroxylation is 2. The van der Waals surface area contributed by atoms with E-state index in [2.05, 4.69) is 15.2 Å². The highest BCUT2D eigenvalue weighted by molar-refractivity contribution is 7.11. The number of amides is 1. The van der Waals surface area contributed by atoms with E-state index in [1.807, 2.05) is 27.7 Å². The summed E-state index contributed by atoms with van der Waals surface area (Å²) < 4.78 is 11.3. The minimum Gasteiger partial charge on any atom is -0.423 e. The summed E-state index contributed by atoms with van der Waals surface area (Å²) in [6.45, 7) is 9.34. The molecule has 1 aliphatic heterocycles. The number of hydrogen-bond donors (Lipinski definition) is 0. The molecule has 0 radical (unpaired) electrons. The van der Waals surface area contributed by atoms with Crippen LogP contribution in [-0.2, 0) is 16.0 Å². The molecule has 0 aromatic carbocycles. The molecule has 0 N–H and O–H groups in total. The van der Waals surface area contributed by atoms with E-state index >= 15 is 0 Å². The maximum Gasteiger partial charge on any atom is 0.241 e. The first-order valence-corrected chi connectivity index (χ1v) is 8.90. The Hall–Kier alpha value is -1.80. The number of hydrogen-bond acceptors (Lipinski definition) is 7. The Morgan fingerprint density at radius 3 is 2.79 bits per heavy atom. The molecule has 1 aliphatic rings. The topological polar surface area (TPSA) is 81.4 Å². The van der Waals surface area contributed by atoms with E-state index in [1.54, 1.807) is 16.2 Å². The number of aromatic nitrogens is 3. The number of carbonyl (C=O) groups excluding carboxylic acids is 1. The van der Waals surface area contributed by atoms with Crippen molar-refractivity contribution >= 4 is 17.2 Å². The smallest absolute Gasteiger partial charge is 0.241 e. The van der Waals surface area contributed by atoms with Crippen LogP contribution in [0.1, 0.15) is 53.2 Å². The van der Waals surface area contributed by atoms with E-state index in [9.17, 15) is 4.79 Å². The monoisotopic (exact) mass is 350 g/mol. The Labute approximate surface area is 145 Å². The van der Waals surface area contributed by atoms with E-state index in [1.165, 1.54) is 0 Å². The number of morpholine rings is 1. The lowest BCUT2D eigenvalue weighted by atomic mass is 10.1. The summed E-state index contributed by atoms with van der Waals surface area (Å²) in [4.78, 5) is 20.1.